The lowest BCUT2D eigenvalue weighted by Crippen LogP contribution is -2.47. The first-order valence-corrected chi connectivity index (χ1v) is 6.46. The Labute approximate surface area is 103 Å². The summed E-state index contributed by atoms with van der Waals surface area (Å²) in [7, 11) is 4.32. The van der Waals surface area contributed by atoms with E-state index in [-0.39, 0.29) is 0 Å². The molecule has 0 spiro atoms. The summed E-state index contributed by atoms with van der Waals surface area (Å²) in [5.74, 6) is 0. The van der Waals surface area contributed by atoms with Gasteiger partial charge >= 0.3 is 6.09 Å². The molecule has 98 valence electrons. The summed E-state index contributed by atoms with van der Waals surface area (Å²) < 4.78 is 0. The maximum Gasteiger partial charge on any atom is 0.407 e. The second-order valence-corrected chi connectivity index (χ2v) is 5.37. The highest BCUT2D eigenvalue weighted by Crippen LogP contribution is 2.21. The lowest BCUT2D eigenvalue weighted by atomic mass is 10.0. The summed E-state index contributed by atoms with van der Waals surface area (Å²) in [6.07, 6.45) is 2.62. The maximum absolute atomic E-state index is 10.9. The molecular weight excluding hydrogens is 218 g/mol. The summed E-state index contributed by atoms with van der Waals surface area (Å²) in [6, 6.07) is 1.05. The standard InChI is InChI=1S/C12H23N3O2/c1-13-6-3-10(4-7-13)14(2)11-5-8-15(9-11)12(16)17/h10-11H,3-9H2,1-2H3,(H,16,17)/t11-/m0/s1. The lowest BCUT2D eigenvalue weighted by molar-refractivity contribution is 0.106. The molecule has 0 aromatic rings. The molecule has 0 radical (unpaired) electrons. The molecule has 1 amide bonds. The monoisotopic (exact) mass is 241 g/mol. The molecule has 2 fully saturated rings. The van der Waals surface area contributed by atoms with Crippen LogP contribution in [0.3, 0.4) is 0 Å². The van der Waals surface area contributed by atoms with Gasteiger partial charge in [0.2, 0.25) is 0 Å². The Kier molecular flexibility index (Phi) is 3.89. The van der Waals surface area contributed by atoms with E-state index in [9.17, 15) is 4.79 Å². The number of likely N-dealkylation sites (tertiary alicyclic amines) is 2. The molecule has 0 bridgehead atoms. The highest BCUT2D eigenvalue weighted by atomic mass is 16.4. The first-order chi connectivity index (χ1) is 8.08. The van der Waals surface area contributed by atoms with Gasteiger partial charge in [-0.05, 0) is 46.4 Å². The number of amides is 1. The van der Waals surface area contributed by atoms with Gasteiger partial charge in [-0.3, -0.25) is 4.90 Å². The number of carbonyl (C=O) groups is 1. The van der Waals surface area contributed by atoms with Crippen LogP contribution < -0.4 is 0 Å². The van der Waals surface area contributed by atoms with E-state index < -0.39 is 6.09 Å². The molecule has 0 aromatic heterocycles. The van der Waals surface area contributed by atoms with E-state index in [0.717, 1.165) is 19.5 Å². The molecule has 2 rings (SSSR count). The number of piperidine rings is 1. The van der Waals surface area contributed by atoms with Crippen LogP contribution in [0, 0.1) is 0 Å². The third-order valence-corrected chi connectivity index (χ3v) is 4.27. The maximum atomic E-state index is 10.9. The summed E-state index contributed by atoms with van der Waals surface area (Å²) in [6.45, 7) is 3.68. The number of nitrogens with zero attached hydrogens (tertiary/aromatic N) is 3. The second kappa shape index (κ2) is 5.23. The molecule has 0 unspecified atom stereocenters. The molecule has 5 heteroatoms. The SMILES string of the molecule is CN1CCC(N(C)[C@H]2CCN(C(=O)O)C2)CC1. The van der Waals surface area contributed by atoms with Crippen LogP contribution in [-0.2, 0) is 0 Å². The van der Waals surface area contributed by atoms with Gasteiger partial charge < -0.3 is 14.9 Å². The number of likely N-dealkylation sites (N-methyl/N-ethyl adjacent to an activating group) is 1. The van der Waals surface area contributed by atoms with Crippen LogP contribution in [0.25, 0.3) is 0 Å². The normalized spacial score (nSPS) is 27.9. The van der Waals surface area contributed by atoms with E-state index in [4.69, 9.17) is 5.11 Å². The summed E-state index contributed by atoms with van der Waals surface area (Å²) in [5, 5.41) is 8.96. The van der Waals surface area contributed by atoms with Crippen molar-refractivity contribution >= 4 is 6.09 Å². The molecule has 1 N–H and O–H groups in total. The first kappa shape index (κ1) is 12.6. The van der Waals surface area contributed by atoms with Crippen molar-refractivity contribution in [3.8, 4) is 0 Å². The van der Waals surface area contributed by atoms with Crippen LogP contribution in [0.5, 0.6) is 0 Å². The van der Waals surface area contributed by atoms with Gasteiger partial charge in [0.25, 0.3) is 0 Å². The fourth-order valence-corrected chi connectivity index (χ4v) is 2.95. The van der Waals surface area contributed by atoms with Crippen molar-refractivity contribution < 1.29 is 9.90 Å². The van der Waals surface area contributed by atoms with Gasteiger partial charge in [0.05, 0.1) is 0 Å². The second-order valence-electron chi connectivity index (χ2n) is 5.37. The molecule has 1 atom stereocenters. The Bertz CT molecular complexity index is 277. The van der Waals surface area contributed by atoms with E-state index in [1.807, 2.05) is 0 Å². The fraction of sp³-hybridized carbons (Fsp3) is 0.917. The molecule has 2 heterocycles. The number of carboxylic acid groups (broad SMARTS) is 1. The number of hydrogen-bond acceptors (Lipinski definition) is 3. The van der Waals surface area contributed by atoms with Crippen molar-refractivity contribution in [2.45, 2.75) is 31.3 Å². The van der Waals surface area contributed by atoms with Gasteiger partial charge in [-0.1, -0.05) is 0 Å². The third kappa shape index (κ3) is 2.90. The third-order valence-electron chi connectivity index (χ3n) is 4.27. The Morgan fingerprint density at radius 3 is 2.29 bits per heavy atom. The first-order valence-electron chi connectivity index (χ1n) is 6.46. The van der Waals surface area contributed by atoms with Gasteiger partial charge in [-0.2, -0.15) is 0 Å². The zero-order valence-corrected chi connectivity index (χ0v) is 10.8. The van der Waals surface area contributed by atoms with E-state index >= 15 is 0 Å². The Balaban J connectivity index is 1.84. The van der Waals surface area contributed by atoms with Crippen LogP contribution in [0.1, 0.15) is 19.3 Å². The van der Waals surface area contributed by atoms with Crippen molar-refractivity contribution in [3.63, 3.8) is 0 Å². The van der Waals surface area contributed by atoms with Crippen LogP contribution in [0.4, 0.5) is 4.79 Å². The Morgan fingerprint density at radius 2 is 1.76 bits per heavy atom. The average molecular weight is 241 g/mol. The Morgan fingerprint density at radius 1 is 1.18 bits per heavy atom. The highest BCUT2D eigenvalue weighted by Gasteiger charge is 2.32. The van der Waals surface area contributed by atoms with Crippen molar-refractivity contribution in [1.82, 2.24) is 14.7 Å². The molecule has 0 saturated carbocycles. The molecule has 0 aromatic carbocycles. The predicted octanol–water partition coefficient (Wildman–Crippen LogP) is 0.765. The van der Waals surface area contributed by atoms with Crippen molar-refractivity contribution in [2.24, 2.45) is 0 Å². The van der Waals surface area contributed by atoms with Crippen molar-refractivity contribution in [3.05, 3.63) is 0 Å². The summed E-state index contributed by atoms with van der Waals surface area (Å²) >= 11 is 0. The van der Waals surface area contributed by atoms with Crippen LogP contribution in [0.15, 0.2) is 0 Å². The molecular formula is C12H23N3O2. The fourth-order valence-electron chi connectivity index (χ4n) is 2.95. The Hall–Kier alpha value is -0.810. The minimum Gasteiger partial charge on any atom is -0.465 e. The van der Waals surface area contributed by atoms with Crippen LogP contribution in [-0.4, -0.2) is 78.3 Å². The molecule has 2 saturated heterocycles. The highest BCUT2D eigenvalue weighted by molar-refractivity contribution is 5.65. The number of rotatable bonds is 2. The van der Waals surface area contributed by atoms with Crippen molar-refractivity contribution in [2.75, 3.05) is 40.3 Å². The van der Waals surface area contributed by atoms with Crippen LogP contribution in [0.2, 0.25) is 0 Å². The molecule has 2 aliphatic heterocycles. The van der Waals surface area contributed by atoms with Gasteiger partial charge in [-0.15, -0.1) is 0 Å². The largest absolute Gasteiger partial charge is 0.465 e. The van der Waals surface area contributed by atoms with E-state index in [0.29, 0.717) is 25.2 Å². The topological polar surface area (TPSA) is 47.0 Å². The van der Waals surface area contributed by atoms with Gasteiger partial charge in [0.1, 0.15) is 0 Å². The minimum absolute atomic E-state index is 0.416. The van der Waals surface area contributed by atoms with E-state index in [1.54, 1.807) is 0 Å². The minimum atomic E-state index is -0.774. The average Bonchev–Trinajstić information content (AvgIpc) is 2.78. The number of hydrogen-bond donors (Lipinski definition) is 1. The zero-order chi connectivity index (χ0) is 12.4. The smallest absolute Gasteiger partial charge is 0.407 e. The van der Waals surface area contributed by atoms with E-state index in [2.05, 4.69) is 23.9 Å². The van der Waals surface area contributed by atoms with Crippen LogP contribution >= 0.6 is 0 Å². The lowest BCUT2D eigenvalue weighted by Gasteiger charge is -2.38. The summed E-state index contributed by atoms with van der Waals surface area (Å²) in [4.78, 5) is 17.2. The predicted molar refractivity (Wildman–Crippen MR) is 66.3 cm³/mol. The van der Waals surface area contributed by atoms with Crippen molar-refractivity contribution in [1.29, 1.82) is 0 Å². The summed E-state index contributed by atoms with van der Waals surface area (Å²) in [5.41, 5.74) is 0. The molecule has 5 nitrogen and oxygen atoms in total. The van der Waals surface area contributed by atoms with Gasteiger partial charge in [0.15, 0.2) is 0 Å². The molecule has 0 aliphatic carbocycles. The zero-order valence-electron chi connectivity index (χ0n) is 10.8. The van der Waals surface area contributed by atoms with Gasteiger partial charge in [-0.25, -0.2) is 4.79 Å². The van der Waals surface area contributed by atoms with Gasteiger partial charge in [0, 0.05) is 25.2 Å². The molecule has 2 aliphatic rings. The van der Waals surface area contributed by atoms with E-state index in [1.165, 1.54) is 17.7 Å². The quantitative estimate of drug-likeness (QED) is 0.775. The molecule has 17 heavy (non-hydrogen) atoms.